The molecule has 0 radical (unpaired) electrons. The average molecular weight is 301 g/mol. The van der Waals surface area contributed by atoms with E-state index in [1.54, 1.807) is 0 Å². The Labute approximate surface area is 85.4 Å². The van der Waals surface area contributed by atoms with Crippen LogP contribution in [0.3, 0.4) is 0 Å². The highest BCUT2D eigenvalue weighted by molar-refractivity contribution is 9.10. The van der Waals surface area contributed by atoms with Crippen molar-refractivity contribution < 1.29 is 8.78 Å². The molecule has 0 saturated heterocycles. The second kappa shape index (κ2) is 4.28. The Hall–Kier alpha value is -0.0300. The standard InChI is InChI=1S/C7H5Br2F2N/c8-2-4-1-5(7(10)11)3-12-6(4)9/h1,3,7H,2H2. The Bertz CT molecular complexity index is 278. The van der Waals surface area contributed by atoms with Crippen molar-refractivity contribution in [3.8, 4) is 0 Å². The van der Waals surface area contributed by atoms with Gasteiger partial charge in [-0.05, 0) is 27.6 Å². The minimum atomic E-state index is -2.46. The van der Waals surface area contributed by atoms with Crippen molar-refractivity contribution >= 4 is 31.9 Å². The number of halogens is 4. The molecule has 0 aliphatic carbocycles. The van der Waals surface area contributed by atoms with Crippen molar-refractivity contribution in [3.63, 3.8) is 0 Å². The number of rotatable bonds is 2. The SMILES string of the molecule is FC(F)c1cnc(Br)c(CBr)c1. The molecule has 0 saturated carbocycles. The summed E-state index contributed by atoms with van der Waals surface area (Å²) in [5.41, 5.74) is 0.681. The van der Waals surface area contributed by atoms with Crippen LogP contribution in [-0.2, 0) is 5.33 Å². The summed E-state index contributed by atoms with van der Waals surface area (Å²) in [6.45, 7) is 0. The maximum Gasteiger partial charge on any atom is 0.265 e. The van der Waals surface area contributed by atoms with Crippen molar-refractivity contribution in [2.24, 2.45) is 0 Å². The van der Waals surface area contributed by atoms with E-state index in [2.05, 4.69) is 36.8 Å². The van der Waals surface area contributed by atoms with E-state index in [0.29, 0.717) is 9.93 Å². The summed E-state index contributed by atoms with van der Waals surface area (Å²) in [6.07, 6.45) is -1.29. The number of nitrogens with zero attached hydrogens (tertiary/aromatic N) is 1. The lowest BCUT2D eigenvalue weighted by Gasteiger charge is -2.02. The van der Waals surface area contributed by atoms with E-state index in [9.17, 15) is 8.78 Å². The van der Waals surface area contributed by atoms with Crippen molar-refractivity contribution in [2.75, 3.05) is 0 Å². The predicted molar refractivity (Wildman–Crippen MR) is 49.5 cm³/mol. The summed E-state index contributed by atoms with van der Waals surface area (Å²) in [6, 6.07) is 1.43. The fourth-order valence-corrected chi connectivity index (χ4v) is 1.89. The Balaban J connectivity index is 3.05. The molecule has 0 aromatic carbocycles. The molecule has 66 valence electrons. The molecule has 0 fully saturated rings. The zero-order valence-electron chi connectivity index (χ0n) is 5.90. The highest BCUT2D eigenvalue weighted by atomic mass is 79.9. The first-order chi connectivity index (χ1) is 5.65. The van der Waals surface area contributed by atoms with Gasteiger partial charge in [0.1, 0.15) is 4.60 Å². The van der Waals surface area contributed by atoms with Crippen LogP contribution in [0.4, 0.5) is 8.78 Å². The summed E-state index contributed by atoms with van der Waals surface area (Å²) < 4.78 is 24.9. The molecule has 1 aromatic heterocycles. The first-order valence-corrected chi connectivity index (χ1v) is 5.05. The van der Waals surface area contributed by atoms with Crippen LogP contribution in [0.5, 0.6) is 0 Å². The van der Waals surface area contributed by atoms with Gasteiger partial charge in [0, 0.05) is 17.1 Å². The molecule has 0 atom stereocenters. The molecular formula is C7H5Br2F2N. The summed E-state index contributed by atoms with van der Waals surface area (Å²) in [4.78, 5) is 3.78. The van der Waals surface area contributed by atoms with Gasteiger partial charge in [-0.3, -0.25) is 0 Å². The molecule has 0 spiro atoms. The van der Waals surface area contributed by atoms with E-state index >= 15 is 0 Å². The van der Waals surface area contributed by atoms with Crippen LogP contribution >= 0.6 is 31.9 Å². The molecule has 0 bridgehead atoms. The van der Waals surface area contributed by atoms with Gasteiger partial charge in [0.05, 0.1) is 0 Å². The Morgan fingerprint density at radius 1 is 1.50 bits per heavy atom. The van der Waals surface area contributed by atoms with Gasteiger partial charge in [-0.25, -0.2) is 13.8 Å². The summed E-state index contributed by atoms with van der Waals surface area (Å²) >= 11 is 6.33. The molecule has 0 N–H and O–H groups in total. The second-order valence-electron chi connectivity index (χ2n) is 2.15. The van der Waals surface area contributed by atoms with Gasteiger partial charge in [0.2, 0.25) is 0 Å². The third-order valence-corrected chi connectivity index (χ3v) is 2.65. The van der Waals surface area contributed by atoms with Gasteiger partial charge in [-0.2, -0.15) is 0 Å². The lowest BCUT2D eigenvalue weighted by Crippen LogP contribution is -1.91. The molecule has 1 heterocycles. The van der Waals surface area contributed by atoms with Crippen LogP contribution in [0.15, 0.2) is 16.9 Å². The minimum Gasteiger partial charge on any atom is -0.249 e. The second-order valence-corrected chi connectivity index (χ2v) is 3.46. The number of hydrogen-bond acceptors (Lipinski definition) is 1. The fraction of sp³-hybridized carbons (Fsp3) is 0.286. The van der Waals surface area contributed by atoms with Crippen LogP contribution in [0.2, 0.25) is 0 Å². The van der Waals surface area contributed by atoms with E-state index in [1.807, 2.05) is 0 Å². The van der Waals surface area contributed by atoms with Gasteiger partial charge in [0.15, 0.2) is 0 Å². The maximum atomic E-state index is 12.1. The number of pyridine rings is 1. The monoisotopic (exact) mass is 299 g/mol. The van der Waals surface area contributed by atoms with Crippen molar-refractivity contribution in [3.05, 3.63) is 28.0 Å². The smallest absolute Gasteiger partial charge is 0.249 e. The number of hydrogen-bond donors (Lipinski definition) is 0. The van der Waals surface area contributed by atoms with Crippen LogP contribution in [-0.4, -0.2) is 4.98 Å². The van der Waals surface area contributed by atoms with Gasteiger partial charge in [-0.15, -0.1) is 0 Å². The van der Waals surface area contributed by atoms with E-state index in [4.69, 9.17) is 0 Å². The minimum absolute atomic E-state index is 0.0485. The molecule has 12 heavy (non-hydrogen) atoms. The summed E-state index contributed by atoms with van der Waals surface area (Å²) in [5, 5.41) is 0.515. The van der Waals surface area contributed by atoms with Crippen molar-refractivity contribution in [1.82, 2.24) is 4.98 Å². The Kier molecular flexibility index (Phi) is 3.58. The maximum absolute atomic E-state index is 12.1. The third kappa shape index (κ3) is 2.23. The van der Waals surface area contributed by atoms with Crippen LogP contribution < -0.4 is 0 Å². The van der Waals surface area contributed by atoms with E-state index in [0.717, 1.165) is 5.56 Å². The molecule has 5 heteroatoms. The molecule has 1 aromatic rings. The first kappa shape index (κ1) is 10.1. The predicted octanol–water partition coefficient (Wildman–Crippen LogP) is 3.68. The molecular weight excluding hydrogens is 296 g/mol. The first-order valence-electron chi connectivity index (χ1n) is 3.13. The molecule has 1 nitrogen and oxygen atoms in total. The quantitative estimate of drug-likeness (QED) is 0.600. The van der Waals surface area contributed by atoms with E-state index < -0.39 is 6.43 Å². The molecule has 0 aliphatic rings. The van der Waals surface area contributed by atoms with Gasteiger partial charge in [0.25, 0.3) is 6.43 Å². The lowest BCUT2D eigenvalue weighted by molar-refractivity contribution is 0.151. The van der Waals surface area contributed by atoms with Crippen LogP contribution in [0, 0.1) is 0 Å². The highest BCUT2D eigenvalue weighted by Crippen LogP contribution is 2.23. The van der Waals surface area contributed by atoms with Gasteiger partial charge in [-0.1, -0.05) is 15.9 Å². The Morgan fingerprint density at radius 3 is 2.67 bits per heavy atom. The molecule has 0 unspecified atom stereocenters. The van der Waals surface area contributed by atoms with Gasteiger partial charge < -0.3 is 0 Å². The Morgan fingerprint density at radius 2 is 2.17 bits per heavy atom. The van der Waals surface area contributed by atoms with E-state index in [-0.39, 0.29) is 5.56 Å². The number of alkyl halides is 3. The van der Waals surface area contributed by atoms with Crippen LogP contribution in [0.25, 0.3) is 0 Å². The van der Waals surface area contributed by atoms with Crippen molar-refractivity contribution in [2.45, 2.75) is 11.8 Å². The third-order valence-electron chi connectivity index (χ3n) is 1.33. The topological polar surface area (TPSA) is 12.9 Å². The molecule has 0 amide bonds. The lowest BCUT2D eigenvalue weighted by atomic mass is 10.2. The molecule has 0 aliphatic heterocycles. The summed E-state index contributed by atoms with van der Waals surface area (Å²) in [5.74, 6) is 0. The van der Waals surface area contributed by atoms with E-state index in [1.165, 1.54) is 12.3 Å². The average Bonchev–Trinajstić information content (AvgIpc) is 2.05. The van der Waals surface area contributed by atoms with Crippen molar-refractivity contribution in [1.29, 1.82) is 0 Å². The zero-order valence-corrected chi connectivity index (χ0v) is 9.07. The molecule has 1 rings (SSSR count). The fourth-order valence-electron chi connectivity index (χ4n) is 0.725. The largest absolute Gasteiger partial charge is 0.265 e. The normalized spacial score (nSPS) is 10.8. The zero-order chi connectivity index (χ0) is 9.14. The number of aromatic nitrogens is 1. The van der Waals surface area contributed by atoms with Gasteiger partial charge >= 0.3 is 0 Å². The highest BCUT2D eigenvalue weighted by Gasteiger charge is 2.09. The van der Waals surface area contributed by atoms with Crippen LogP contribution in [0.1, 0.15) is 17.6 Å². The summed E-state index contributed by atoms with van der Waals surface area (Å²) in [7, 11) is 0.